The summed E-state index contributed by atoms with van der Waals surface area (Å²) in [5.74, 6) is -0.0374. The van der Waals surface area contributed by atoms with Gasteiger partial charge in [0, 0.05) is 18.9 Å². The van der Waals surface area contributed by atoms with Gasteiger partial charge >= 0.3 is 0 Å². The van der Waals surface area contributed by atoms with Crippen LogP contribution in [0.15, 0.2) is 71.9 Å². The summed E-state index contributed by atoms with van der Waals surface area (Å²) < 4.78 is 0. The van der Waals surface area contributed by atoms with Crippen molar-refractivity contribution in [1.29, 1.82) is 0 Å². The van der Waals surface area contributed by atoms with Gasteiger partial charge < -0.3 is 21.5 Å². The summed E-state index contributed by atoms with van der Waals surface area (Å²) in [6.45, 7) is 3.85. The van der Waals surface area contributed by atoms with Crippen LogP contribution < -0.4 is 16.4 Å². The predicted octanol–water partition coefficient (Wildman–Crippen LogP) is 2.93. The molecular formula is C26H30N6O2. The van der Waals surface area contributed by atoms with E-state index >= 15 is 0 Å². The first-order chi connectivity index (χ1) is 16.4. The van der Waals surface area contributed by atoms with Crippen LogP contribution in [0.1, 0.15) is 22.4 Å². The predicted molar refractivity (Wildman–Crippen MR) is 136 cm³/mol. The SMILES string of the molecule is CN=C(C=C(N)c1ccnc(Nc2cc(C)cc(C)c2)n1)C(=O)N[C@H](CO)Cc1ccccc1. The minimum atomic E-state index is -0.450. The largest absolute Gasteiger partial charge is 0.397 e. The third-order valence-electron chi connectivity index (χ3n) is 5.08. The molecule has 0 aliphatic heterocycles. The van der Waals surface area contributed by atoms with E-state index in [1.54, 1.807) is 12.3 Å². The molecule has 5 N–H and O–H groups in total. The second-order valence-electron chi connectivity index (χ2n) is 8.02. The number of nitrogens with zero attached hydrogens (tertiary/aromatic N) is 3. The summed E-state index contributed by atoms with van der Waals surface area (Å²) in [5.41, 5.74) is 11.2. The summed E-state index contributed by atoms with van der Waals surface area (Å²) in [5, 5.41) is 15.7. The molecule has 8 heteroatoms. The molecule has 0 aliphatic rings. The minimum absolute atomic E-state index is 0.131. The lowest BCUT2D eigenvalue weighted by Crippen LogP contribution is -2.42. The van der Waals surface area contributed by atoms with Crippen LogP contribution in [0.3, 0.4) is 0 Å². The zero-order chi connectivity index (χ0) is 24.5. The zero-order valence-electron chi connectivity index (χ0n) is 19.6. The van der Waals surface area contributed by atoms with Gasteiger partial charge in [-0.15, -0.1) is 0 Å². The Labute approximate surface area is 199 Å². The number of hydrogen-bond donors (Lipinski definition) is 4. The van der Waals surface area contributed by atoms with Crippen molar-refractivity contribution in [3.05, 3.63) is 89.3 Å². The topological polar surface area (TPSA) is 126 Å². The number of rotatable bonds is 9. The second-order valence-corrected chi connectivity index (χ2v) is 8.02. The molecule has 8 nitrogen and oxygen atoms in total. The number of benzene rings is 2. The second kappa shape index (κ2) is 11.7. The highest BCUT2D eigenvalue weighted by Crippen LogP contribution is 2.18. The van der Waals surface area contributed by atoms with E-state index in [9.17, 15) is 9.90 Å². The Kier molecular flexibility index (Phi) is 8.48. The number of aliphatic hydroxyl groups excluding tert-OH is 1. The zero-order valence-corrected chi connectivity index (χ0v) is 19.6. The number of aryl methyl sites for hydroxylation is 2. The van der Waals surface area contributed by atoms with Crippen LogP contribution in [0.4, 0.5) is 11.6 Å². The molecule has 176 valence electrons. The number of aromatic nitrogens is 2. The van der Waals surface area contributed by atoms with E-state index in [1.165, 1.54) is 13.1 Å². The third-order valence-corrected chi connectivity index (χ3v) is 5.08. The Bertz CT molecular complexity index is 1170. The highest BCUT2D eigenvalue weighted by Gasteiger charge is 2.16. The molecule has 0 unspecified atom stereocenters. The van der Waals surface area contributed by atoms with E-state index in [4.69, 9.17) is 5.73 Å². The first-order valence-corrected chi connectivity index (χ1v) is 11.0. The fourth-order valence-corrected chi connectivity index (χ4v) is 3.53. The molecule has 34 heavy (non-hydrogen) atoms. The molecule has 3 rings (SSSR count). The number of hydrogen-bond acceptors (Lipinski definition) is 7. The van der Waals surface area contributed by atoms with E-state index in [0.29, 0.717) is 18.1 Å². The highest BCUT2D eigenvalue weighted by atomic mass is 16.3. The average Bonchev–Trinajstić information content (AvgIpc) is 2.82. The van der Waals surface area contributed by atoms with Crippen LogP contribution in [0, 0.1) is 13.8 Å². The van der Waals surface area contributed by atoms with Crippen LogP contribution in [0.5, 0.6) is 0 Å². The van der Waals surface area contributed by atoms with Crippen LogP contribution in [0.25, 0.3) is 5.70 Å². The maximum Gasteiger partial charge on any atom is 0.269 e. The lowest BCUT2D eigenvalue weighted by atomic mass is 10.1. The Hall–Kier alpha value is -4.04. The van der Waals surface area contributed by atoms with Gasteiger partial charge in [-0.1, -0.05) is 36.4 Å². The fraction of sp³-hybridized carbons (Fsp3) is 0.231. The molecule has 0 spiro atoms. The Balaban J connectivity index is 1.72. The molecule has 0 saturated carbocycles. The van der Waals surface area contributed by atoms with E-state index in [2.05, 4.69) is 31.7 Å². The molecule has 3 aromatic rings. The standard InChI is InChI=1S/C26H30N6O2/c1-17-11-18(2)13-20(12-17)31-26-29-10-9-23(32-26)22(27)15-24(28-3)25(34)30-21(16-33)14-19-7-5-4-6-8-19/h4-13,15,21,33H,14,16,27H2,1-3H3,(H,30,34)(H,29,31,32)/t21-/m0/s1. The summed E-state index contributed by atoms with van der Waals surface area (Å²) in [4.78, 5) is 25.6. The lowest BCUT2D eigenvalue weighted by Gasteiger charge is -2.16. The van der Waals surface area contributed by atoms with E-state index in [0.717, 1.165) is 22.4 Å². The molecule has 1 heterocycles. The van der Waals surface area contributed by atoms with Crippen molar-refractivity contribution in [3.8, 4) is 0 Å². The number of carbonyl (C=O) groups is 1. The minimum Gasteiger partial charge on any atom is -0.397 e. The molecule has 0 bridgehead atoms. The van der Waals surface area contributed by atoms with Crippen molar-refractivity contribution in [2.24, 2.45) is 10.7 Å². The van der Waals surface area contributed by atoms with Gasteiger partial charge in [0.05, 0.1) is 24.0 Å². The highest BCUT2D eigenvalue weighted by molar-refractivity contribution is 6.44. The number of amides is 1. The normalized spacial score (nSPS) is 12.8. The maximum atomic E-state index is 12.8. The lowest BCUT2D eigenvalue weighted by molar-refractivity contribution is -0.115. The summed E-state index contributed by atoms with van der Waals surface area (Å²) in [7, 11) is 1.51. The van der Waals surface area contributed by atoms with Gasteiger partial charge in [-0.2, -0.15) is 0 Å². The van der Waals surface area contributed by atoms with Gasteiger partial charge in [0.2, 0.25) is 5.95 Å². The van der Waals surface area contributed by atoms with E-state index in [1.807, 2.05) is 56.3 Å². The van der Waals surface area contributed by atoms with Crippen molar-refractivity contribution < 1.29 is 9.90 Å². The summed E-state index contributed by atoms with van der Waals surface area (Å²) in [6, 6.07) is 16.9. The molecule has 2 aromatic carbocycles. The maximum absolute atomic E-state index is 12.8. The summed E-state index contributed by atoms with van der Waals surface area (Å²) in [6.07, 6.45) is 3.56. The van der Waals surface area contributed by atoms with Gasteiger partial charge in [-0.25, -0.2) is 9.97 Å². The number of anilines is 2. The monoisotopic (exact) mass is 458 g/mol. The van der Waals surface area contributed by atoms with Crippen LogP contribution in [-0.4, -0.2) is 46.4 Å². The van der Waals surface area contributed by atoms with E-state index < -0.39 is 11.9 Å². The smallest absolute Gasteiger partial charge is 0.269 e. The number of nitrogens with one attached hydrogen (secondary N) is 2. The van der Waals surface area contributed by atoms with Crippen LogP contribution >= 0.6 is 0 Å². The average molecular weight is 459 g/mol. The van der Waals surface area contributed by atoms with Gasteiger partial charge in [-0.3, -0.25) is 9.79 Å². The van der Waals surface area contributed by atoms with Crippen molar-refractivity contribution in [2.75, 3.05) is 19.0 Å². The van der Waals surface area contributed by atoms with Crippen molar-refractivity contribution in [3.63, 3.8) is 0 Å². The van der Waals surface area contributed by atoms with Gasteiger partial charge in [0.1, 0.15) is 5.71 Å². The van der Waals surface area contributed by atoms with Crippen LogP contribution in [-0.2, 0) is 11.2 Å². The van der Waals surface area contributed by atoms with E-state index in [-0.39, 0.29) is 18.0 Å². The molecule has 0 aliphatic carbocycles. The third kappa shape index (κ3) is 6.98. The molecule has 0 radical (unpaired) electrons. The number of aliphatic imine (C=N–C) groups is 1. The molecular weight excluding hydrogens is 428 g/mol. The first kappa shape index (κ1) is 24.6. The van der Waals surface area contributed by atoms with Gasteiger partial charge in [0.25, 0.3) is 5.91 Å². The number of nitrogens with two attached hydrogens (primary N) is 1. The number of aliphatic hydroxyl groups is 1. The van der Waals surface area contributed by atoms with Crippen LogP contribution in [0.2, 0.25) is 0 Å². The Morgan fingerprint density at radius 2 is 1.85 bits per heavy atom. The molecule has 1 atom stereocenters. The van der Waals surface area contributed by atoms with Crippen molar-refractivity contribution in [2.45, 2.75) is 26.3 Å². The number of carbonyl (C=O) groups excluding carboxylic acids is 1. The molecule has 1 amide bonds. The van der Waals surface area contributed by atoms with Gasteiger partial charge in [0.15, 0.2) is 0 Å². The molecule has 1 aromatic heterocycles. The molecule has 0 fully saturated rings. The molecule has 0 saturated heterocycles. The Morgan fingerprint density at radius 3 is 2.50 bits per heavy atom. The van der Waals surface area contributed by atoms with Crippen molar-refractivity contribution in [1.82, 2.24) is 15.3 Å². The summed E-state index contributed by atoms with van der Waals surface area (Å²) >= 11 is 0. The fourth-order valence-electron chi connectivity index (χ4n) is 3.53. The quantitative estimate of drug-likeness (QED) is 0.365. The first-order valence-electron chi connectivity index (χ1n) is 11.0. The Morgan fingerprint density at radius 1 is 1.15 bits per heavy atom. The van der Waals surface area contributed by atoms with Crippen molar-refractivity contribution >= 4 is 29.0 Å². The van der Waals surface area contributed by atoms with Gasteiger partial charge in [-0.05, 0) is 61.2 Å².